The Morgan fingerprint density at radius 3 is 2.71 bits per heavy atom. The molecule has 0 saturated carbocycles. The van der Waals surface area contributed by atoms with Gasteiger partial charge in [0.2, 0.25) is 11.0 Å². The van der Waals surface area contributed by atoms with Crippen molar-refractivity contribution < 1.29 is 34.2 Å². The smallest absolute Gasteiger partial charge is 0.440 e. The highest BCUT2D eigenvalue weighted by molar-refractivity contribution is 8.03. The largest absolute Gasteiger partial charge is 0.476 e. The molecule has 2 amide bonds. The molecule has 1 fully saturated rings. The van der Waals surface area contributed by atoms with Gasteiger partial charge in [-0.15, -0.1) is 0 Å². The van der Waals surface area contributed by atoms with Gasteiger partial charge in [-0.25, -0.2) is 9.59 Å². The third kappa shape index (κ3) is 2.63. The number of aliphatic carboxylic acids is 1. The molecule has 1 saturated heterocycles. The van der Waals surface area contributed by atoms with E-state index in [2.05, 4.69) is 4.74 Å². The highest BCUT2D eigenvalue weighted by Gasteiger charge is 2.58. The summed E-state index contributed by atoms with van der Waals surface area (Å²) >= 11 is 0.949. The maximum Gasteiger partial charge on any atom is 0.440 e. The van der Waals surface area contributed by atoms with Crippen LogP contribution in [0, 0.1) is 5.92 Å². The predicted octanol–water partition coefficient (Wildman–Crippen LogP) is -0.170. The minimum Gasteiger partial charge on any atom is -0.476 e. The fraction of sp³-hybridized carbons (Fsp3) is 0.545. The number of carbonyl (C=O) groups is 3. The van der Waals surface area contributed by atoms with E-state index in [1.165, 1.54) is 6.92 Å². The molecule has 0 aromatic heterocycles. The van der Waals surface area contributed by atoms with Gasteiger partial charge in [0.05, 0.1) is 18.6 Å². The zero-order valence-electron chi connectivity index (χ0n) is 11.2. The van der Waals surface area contributed by atoms with Gasteiger partial charge in [-0.05, 0) is 13.8 Å². The molecule has 1 unspecified atom stereocenters. The summed E-state index contributed by atoms with van der Waals surface area (Å²) in [7, 11) is 0. The number of amides is 2. The summed E-state index contributed by atoms with van der Waals surface area (Å²) in [4.78, 5) is 40.2. The Bertz CT molecular complexity index is 519. The number of hydroxylamine groups is 1. The van der Waals surface area contributed by atoms with Crippen molar-refractivity contribution >= 4 is 29.7 Å². The first kappa shape index (κ1) is 15.4. The van der Waals surface area contributed by atoms with E-state index >= 15 is 0 Å². The second-order valence-corrected chi connectivity index (χ2v) is 5.44. The number of aliphatic hydroxyl groups is 1. The van der Waals surface area contributed by atoms with Gasteiger partial charge >= 0.3 is 12.1 Å². The van der Waals surface area contributed by atoms with Crippen molar-refractivity contribution in [1.29, 1.82) is 0 Å². The number of hydrogen-bond donors (Lipinski definition) is 3. The number of nitrogens with zero attached hydrogens (tertiary/aromatic N) is 1. The molecule has 116 valence electrons. The van der Waals surface area contributed by atoms with Gasteiger partial charge in [0.25, 0.3) is 0 Å². The summed E-state index contributed by atoms with van der Waals surface area (Å²) in [5, 5.41) is 18.0. The second-order valence-electron chi connectivity index (χ2n) is 4.35. The Labute approximate surface area is 123 Å². The van der Waals surface area contributed by atoms with Crippen molar-refractivity contribution in [3.63, 3.8) is 0 Å². The van der Waals surface area contributed by atoms with Crippen LogP contribution in [0.25, 0.3) is 0 Å². The fourth-order valence-electron chi connectivity index (χ4n) is 2.07. The maximum atomic E-state index is 11.9. The standard InChI is InChI=1S/C11H14N2O7S/c1-3-19-11(18)12-20-10-6(9(16)17)13-7(15)5(4(2)14)8(13)21-10/h4-5,8,14H,3H2,1-2H3,(H,12,18)(H,16,17)/t4-,5?,8-/m1/s1. The van der Waals surface area contributed by atoms with Gasteiger partial charge in [-0.2, -0.15) is 5.48 Å². The molecule has 2 aliphatic rings. The molecule has 3 N–H and O–H groups in total. The lowest BCUT2D eigenvalue weighted by molar-refractivity contribution is -0.156. The van der Waals surface area contributed by atoms with Crippen molar-refractivity contribution in [2.75, 3.05) is 6.61 Å². The maximum absolute atomic E-state index is 11.9. The lowest BCUT2D eigenvalue weighted by Gasteiger charge is -2.43. The SMILES string of the molecule is CCOC(=O)NOC1=C(C(=O)O)N2C(=O)C([C@@H](C)O)[C@H]2S1. The summed E-state index contributed by atoms with van der Waals surface area (Å²) in [5.74, 6) is -2.55. The van der Waals surface area contributed by atoms with Crippen LogP contribution in [0.2, 0.25) is 0 Å². The lowest BCUT2D eigenvalue weighted by Crippen LogP contribution is -2.60. The Morgan fingerprint density at radius 1 is 1.52 bits per heavy atom. The van der Waals surface area contributed by atoms with Crippen LogP contribution in [0.15, 0.2) is 10.8 Å². The van der Waals surface area contributed by atoms with Crippen molar-refractivity contribution in [2.45, 2.75) is 25.3 Å². The number of ether oxygens (including phenoxy) is 1. The van der Waals surface area contributed by atoms with Crippen LogP contribution in [0.4, 0.5) is 4.79 Å². The monoisotopic (exact) mass is 318 g/mol. The van der Waals surface area contributed by atoms with Crippen molar-refractivity contribution in [1.82, 2.24) is 10.4 Å². The predicted molar refractivity (Wildman–Crippen MR) is 69.3 cm³/mol. The number of β-lactam (4-membered cyclic amide) rings is 1. The summed E-state index contributed by atoms with van der Waals surface area (Å²) < 4.78 is 4.57. The first-order chi connectivity index (χ1) is 9.88. The quantitative estimate of drug-likeness (QED) is 0.471. The molecule has 0 spiro atoms. The van der Waals surface area contributed by atoms with Crippen LogP contribution < -0.4 is 5.48 Å². The van der Waals surface area contributed by atoms with E-state index < -0.39 is 35.4 Å². The van der Waals surface area contributed by atoms with Crippen LogP contribution >= 0.6 is 11.8 Å². The van der Waals surface area contributed by atoms with Crippen LogP contribution in [0.3, 0.4) is 0 Å². The first-order valence-corrected chi connectivity index (χ1v) is 7.01. The Kier molecular flexibility index (Phi) is 4.28. The van der Waals surface area contributed by atoms with Crippen molar-refractivity contribution in [2.24, 2.45) is 5.92 Å². The number of carbonyl (C=O) groups excluding carboxylic acids is 2. The van der Waals surface area contributed by atoms with Crippen LogP contribution in [-0.2, 0) is 19.2 Å². The van der Waals surface area contributed by atoms with Crippen LogP contribution in [0.5, 0.6) is 0 Å². The van der Waals surface area contributed by atoms with Gasteiger partial charge in [0, 0.05) is 0 Å². The number of hydrogen-bond acceptors (Lipinski definition) is 7. The molecular weight excluding hydrogens is 304 g/mol. The van der Waals surface area contributed by atoms with E-state index in [9.17, 15) is 19.5 Å². The zero-order chi connectivity index (χ0) is 15.7. The zero-order valence-corrected chi connectivity index (χ0v) is 12.0. The molecule has 2 aliphatic heterocycles. The van der Waals surface area contributed by atoms with Gasteiger partial charge in [-0.1, -0.05) is 11.8 Å². The van der Waals surface area contributed by atoms with Gasteiger partial charge < -0.3 is 19.8 Å². The van der Waals surface area contributed by atoms with Gasteiger partial charge in [-0.3, -0.25) is 9.69 Å². The molecule has 3 atom stereocenters. The minimum atomic E-state index is -1.36. The Hall–Kier alpha value is -1.94. The number of aliphatic hydroxyl groups excluding tert-OH is 1. The average molecular weight is 318 g/mol. The van der Waals surface area contributed by atoms with E-state index in [1.807, 2.05) is 5.48 Å². The number of thioether (sulfide) groups is 1. The Balaban J connectivity index is 2.12. The highest BCUT2D eigenvalue weighted by Crippen LogP contribution is 2.50. The molecule has 9 nitrogen and oxygen atoms in total. The van der Waals surface area contributed by atoms with Crippen LogP contribution in [-0.4, -0.2) is 51.2 Å². The molecule has 0 radical (unpaired) electrons. The molecular formula is C11H14N2O7S. The third-order valence-electron chi connectivity index (χ3n) is 2.97. The lowest BCUT2D eigenvalue weighted by atomic mass is 9.92. The molecule has 21 heavy (non-hydrogen) atoms. The number of carboxylic acids is 1. The average Bonchev–Trinajstić information content (AvgIpc) is 2.70. The topological polar surface area (TPSA) is 125 Å². The summed E-state index contributed by atoms with van der Waals surface area (Å²) in [6.45, 7) is 3.19. The molecule has 0 bridgehead atoms. The molecule has 10 heteroatoms. The minimum absolute atomic E-state index is 0.128. The fourth-order valence-corrected chi connectivity index (χ4v) is 3.48. The third-order valence-corrected chi connectivity index (χ3v) is 4.21. The van der Waals surface area contributed by atoms with Crippen molar-refractivity contribution in [3.05, 3.63) is 10.8 Å². The molecule has 0 aromatic carbocycles. The number of fused-ring (bicyclic) bond motifs is 1. The summed E-state index contributed by atoms with van der Waals surface area (Å²) in [6.07, 6.45) is -1.78. The van der Waals surface area contributed by atoms with E-state index in [0.29, 0.717) is 0 Å². The summed E-state index contributed by atoms with van der Waals surface area (Å²) in [6, 6.07) is 0. The van der Waals surface area contributed by atoms with Crippen LogP contribution in [0.1, 0.15) is 13.8 Å². The van der Waals surface area contributed by atoms with Gasteiger partial charge in [0.15, 0.2) is 5.70 Å². The molecule has 0 aliphatic carbocycles. The molecule has 2 rings (SSSR count). The van der Waals surface area contributed by atoms with E-state index in [0.717, 1.165) is 16.7 Å². The normalized spacial score (nSPS) is 25.1. The number of nitrogens with one attached hydrogen (secondary N) is 1. The number of rotatable bonds is 5. The van der Waals surface area contributed by atoms with E-state index in [1.54, 1.807) is 6.92 Å². The van der Waals surface area contributed by atoms with Gasteiger partial charge in [0.1, 0.15) is 5.37 Å². The second kappa shape index (κ2) is 5.82. The Morgan fingerprint density at radius 2 is 2.19 bits per heavy atom. The van der Waals surface area contributed by atoms with E-state index in [-0.39, 0.29) is 17.4 Å². The highest BCUT2D eigenvalue weighted by atomic mass is 32.2. The summed E-state index contributed by atoms with van der Waals surface area (Å²) in [5.41, 5.74) is 1.58. The van der Waals surface area contributed by atoms with Crippen molar-refractivity contribution in [3.8, 4) is 0 Å². The first-order valence-electron chi connectivity index (χ1n) is 6.13. The number of carboxylic acid groups (broad SMARTS) is 1. The molecule has 2 heterocycles. The van der Waals surface area contributed by atoms with E-state index in [4.69, 9.17) is 9.94 Å². The molecule has 0 aromatic rings.